The highest BCUT2D eigenvalue weighted by Gasteiger charge is 2.15. The number of nitrogens with zero attached hydrogens (tertiary/aromatic N) is 1. The highest BCUT2D eigenvalue weighted by molar-refractivity contribution is 5.92. The fourth-order valence-corrected chi connectivity index (χ4v) is 2.97. The third-order valence-corrected chi connectivity index (χ3v) is 4.34. The van der Waals surface area contributed by atoms with Crippen LogP contribution in [0.15, 0.2) is 46.9 Å². The first-order valence-corrected chi connectivity index (χ1v) is 9.04. The summed E-state index contributed by atoms with van der Waals surface area (Å²) in [7, 11) is 1.30. The fraction of sp³-hybridized carbons (Fsp3) is 0.286. The summed E-state index contributed by atoms with van der Waals surface area (Å²) < 4.78 is 16.0. The number of fused-ring (bicyclic) bond motifs is 1. The lowest BCUT2D eigenvalue weighted by Crippen LogP contribution is -2.29. The molecule has 0 unspecified atom stereocenters. The summed E-state index contributed by atoms with van der Waals surface area (Å²) in [4.78, 5) is 13.5. The Bertz CT molecular complexity index is 965. The van der Waals surface area contributed by atoms with E-state index in [1.807, 2.05) is 17.9 Å². The monoisotopic (exact) mass is 385 g/mol. The number of anilines is 1. The molecule has 0 aliphatic rings. The number of hydrogen-bond donors (Lipinski definition) is 2. The summed E-state index contributed by atoms with van der Waals surface area (Å²) >= 11 is 0. The average molecular weight is 385 g/mol. The van der Waals surface area contributed by atoms with E-state index in [1.165, 1.54) is 13.2 Å². The highest BCUT2D eigenvalue weighted by Crippen LogP contribution is 2.35. The molecule has 2 aromatic carbocycles. The maximum atomic E-state index is 11.6. The zero-order valence-corrected chi connectivity index (χ0v) is 15.8. The molecule has 0 spiro atoms. The number of benzene rings is 2. The minimum atomic E-state index is -0.528. The third kappa shape index (κ3) is 4.14. The van der Waals surface area contributed by atoms with E-state index < -0.39 is 5.97 Å². The van der Waals surface area contributed by atoms with Gasteiger partial charge in [0.05, 0.1) is 19.3 Å². The van der Waals surface area contributed by atoms with Gasteiger partial charge in [-0.1, -0.05) is 13.0 Å². The second-order valence-electron chi connectivity index (χ2n) is 6.28. The quantitative estimate of drug-likeness (QED) is 0.448. The van der Waals surface area contributed by atoms with Gasteiger partial charge in [0.2, 0.25) is 5.76 Å². The Labute approximate surface area is 162 Å². The topological polar surface area (TPSA) is 92.4 Å². The summed E-state index contributed by atoms with van der Waals surface area (Å²) in [5.41, 5.74) is 1.10. The van der Waals surface area contributed by atoms with Crippen molar-refractivity contribution < 1.29 is 28.9 Å². The number of hydrogen-bond acceptors (Lipinski definition) is 7. The van der Waals surface area contributed by atoms with Gasteiger partial charge in [0.25, 0.3) is 0 Å². The van der Waals surface area contributed by atoms with Crippen LogP contribution in [0.3, 0.4) is 0 Å². The van der Waals surface area contributed by atoms with Gasteiger partial charge in [-0.2, -0.15) is 0 Å². The lowest BCUT2D eigenvalue weighted by Gasteiger charge is -2.25. The van der Waals surface area contributed by atoms with Crippen LogP contribution in [-0.4, -0.2) is 43.0 Å². The third-order valence-electron chi connectivity index (χ3n) is 4.34. The van der Waals surface area contributed by atoms with Gasteiger partial charge in [-0.15, -0.1) is 0 Å². The predicted molar refractivity (Wildman–Crippen MR) is 105 cm³/mol. The molecule has 0 aliphatic heterocycles. The molecule has 0 atom stereocenters. The molecule has 148 valence electrons. The lowest BCUT2D eigenvalue weighted by molar-refractivity contribution is 0.0567. The van der Waals surface area contributed by atoms with Crippen LogP contribution in [0.25, 0.3) is 11.0 Å². The van der Waals surface area contributed by atoms with Crippen LogP contribution in [-0.2, 0) is 4.74 Å². The van der Waals surface area contributed by atoms with E-state index in [0.717, 1.165) is 11.8 Å². The van der Waals surface area contributed by atoms with Crippen LogP contribution >= 0.6 is 0 Å². The van der Waals surface area contributed by atoms with Crippen molar-refractivity contribution in [2.24, 2.45) is 0 Å². The molecule has 0 bridgehead atoms. The zero-order chi connectivity index (χ0) is 20.1. The Morgan fingerprint density at radius 3 is 2.71 bits per heavy atom. The molecule has 1 aromatic heterocycles. The van der Waals surface area contributed by atoms with Crippen molar-refractivity contribution in [1.82, 2.24) is 0 Å². The van der Waals surface area contributed by atoms with Gasteiger partial charge in [0, 0.05) is 18.0 Å². The number of aromatic hydroxyl groups is 2. The highest BCUT2D eigenvalue weighted by atomic mass is 16.5. The van der Waals surface area contributed by atoms with Gasteiger partial charge < -0.3 is 29.0 Å². The lowest BCUT2D eigenvalue weighted by atomic mass is 10.2. The molecule has 7 nitrogen and oxygen atoms in total. The number of ether oxygens (including phenoxy) is 2. The first-order chi connectivity index (χ1) is 13.5. The number of phenolic OH excluding ortho intramolecular Hbond substituents is 2. The second kappa shape index (κ2) is 8.56. The second-order valence-corrected chi connectivity index (χ2v) is 6.28. The molecule has 2 N–H and O–H groups in total. The first-order valence-electron chi connectivity index (χ1n) is 9.04. The van der Waals surface area contributed by atoms with Crippen molar-refractivity contribution >= 4 is 22.6 Å². The van der Waals surface area contributed by atoms with Crippen LogP contribution in [0.2, 0.25) is 0 Å². The van der Waals surface area contributed by atoms with Crippen molar-refractivity contribution in [2.45, 2.75) is 13.3 Å². The Kier molecular flexibility index (Phi) is 5.93. The van der Waals surface area contributed by atoms with Gasteiger partial charge in [-0.25, -0.2) is 4.79 Å². The molecule has 0 aliphatic carbocycles. The van der Waals surface area contributed by atoms with Crippen molar-refractivity contribution in [3.8, 4) is 17.2 Å². The maximum Gasteiger partial charge on any atom is 0.373 e. The molecular formula is C21H23NO6. The number of phenols is 2. The normalized spacial score (nSPS) is 10.8. The summed E-state index contributed by atoms with van der Waals surface area (Å²) in [5.74, 6) is -0.0646. The zero-order valence-electron chi connectivity index (χ0n) is 15.8. The van der Waals surface area contributed by atoms with Crippen molar-refractivity contribution in [3.63, 3.8) is 0 Å². The number of esters is 1. The van der Waals surface area contributed by atoms with Crippen LogP contribution in [0, 0.1) is 0 Å². The van der Waals surface area contributed by atoms with Gasteiger partial charge in [0.15, 0.2) is 11.5 Å². The molecule has 1 heterocycles. The van der Waals surface area contributed by atoms with E-state index in [4.69, 9.17) is 9.15 Å². The number of methoxy groups -OCH3 is 1. The maximum absolute atomic E-state index is 11.6. The molecule has 7 heteroatoms. The van der Waals surface area contributed by atoms with Crippen molar-refractivity contribution in [1.29, 1.82) is 0 Å². The SMILES string of the molecule is CCCN(CCOc1ccc2cc(C(=O)OC)oc2c1)c1cccc(O)c1O. The Hall–Kier alpha value is -3.35. The van der Waals surface area contributed by atoms with Crippen molar-refractivity contribution in [2.75, 3.05) is 31.7 Å². The summed E-state index contributed by atoms with van der Waals surface area (Å²) in [6.45, 7) is 3.64. The van der Waals surface area contributed by atoms with Gasteiger partial charge in [0.1, 0.15) is 17.9 Å². The first kappa shape index (κ1) is 19.4. The summed E-state index contributed by atoms with van der Waals surface area (Å²) in [6.07, 6.45) is 0.879. The van der Waals surface area contributed by atoms with Crippen LogP contribution in [0.4, 0.5) is 5.69 Å². The van der Waals surface area contributed by atoms with Crippen LogP contribution in [0.1, 0.15) is 23.9 Å². The Morgan fingerprint density at radius 2 is 1.96 bits per heavy atom. The smallest absolute Gasteiger partial charge is 0.373 e. The molecule has 28 heavy (non-hydrogen) atoms. The molecule has 0 saturated heterocycles. The predicted octanol–water partition coefficient (Wildman–Crippen LogP) is 3.93. The van der Waals surface area contributed by atoms with E-state index in [9.17, 15) is 15.0 Å². The average Bonchev–Trinajstić information content (AvgIpc) is 3.12. The van der Waals surface area contributed by atoms with E-state index in [0.29, 0.717) is 36.7 Å². The van der Waals surface area contributed by atoms with Crippen LogP contribution in [0.5, 0.6) is 17.2 Å². The van der Waals surface area contributed by atoms with Gasteiger partial charge in [-0.3, -0.25) is 0 Å². The summed E-state index contributed by atoms with van der Waals surface area (Å²) in [6, 6.07) is 11.9. The van der Waals surface area contributed by atoms with E-state index in [-0.39, 0.29) is 17.3 Å². The molecule has 0 fully saturated rings. The number of carbonyl (C=O) groups excluding carboxylic acids is 1. The molecule has 0 radical (unpaired) electrons. The molecule has 3 aromatic rings. The van der Waals surface area contributed by atoms with Gasteiger partial charge >= 0.3 is 5.97 Å². The number of carbonyl (C=O) groups is 1. The molecule has 3 rings (SSSR count). The Balaban J connectivity index is 1.68. The minimum Gasteiger partial charge on any atom is -0.504 e. The number of furan rings is 1. The van der Waals surface area contributed by atoms with Crippen LogP contribution < -0.4 is 9.64 Å². The number of para-hydroxylation sites is 1. The largest absolute Gasteiger partial charge is 0.504 e. The molecule has 0 saturated carbocycles. The summed E-state index contributed by atoms with van der Waals surface area (Å²) in [5, 5.41) is 20.6. The Morgan fingerprint density at radius 1 is 1.14 bits per heavy atom. The molecule has 0 amide bonds. The standard InChI is InChI=1S/C21H23NO6/c1-3-9-22(16-5-4-6-17(23)20(16)24)10-11-27-15-8-7-14-12-19(21(25)26-2)28-18(14)13-15/h4-8,12-13,23-24H,3,9-11H2,1-2H3. The fourth-order valence-electron chi connectivity index (χ4n) is 2.97. The van der Waals surface area contributed by atoms with Gasteiger partial charge in [-0.05, 0) is 36.8 Å². The number of rotatable bonds is 8. The van der Waals surface area contributed by atoms with Crippen molar-refractivity contribution in [3.05, 3.63) is 48.2 Å². The molecular weight excluding hydrogens is 362 g/mol. The minimum absolute atomic E-state index is 0.136. The van der Waals surface area contributed by atoms with E-state index in [2.05, 4.69) is 4.74 Å². The van der Waals surface area contributed by atoms with E-state index in [1.54, 1.807) is 30.3 Å². The van der Waals surface area contributed by atoms with E-state index >= 15 is 0 Å².